The van der Waals surface area contributed by atoms with Crippen molar-refractivity contribution in [3.63, 3.8) is 0 Å². The van der Waals surface area contributed by atoms with Crippen molar-refractivity contribution in [1.29, 1.82) is 0 Å². The standard InChI is InChI=1S/C19H24N4O/c1-13-6-8-23(9-7-13)19-20-11-16(12-21-19)22-18(24)17-5-4-14(2)10-15(17)3/h4-5,10-13H,6-9H2,1-3H3,(H,22,24). The second kappa shape index (κ2) is 6.99. The Hall–Kier alpha value is -2.43. The van der Waals surface area contributed by atoms with Crippen molar-refractivity contribution in [2.45, 2.75) is 33.6 Å². The highest BCUT2D eigenvalue weighted by Gasteiger charge is 2.18. The molecule has 2 heterocycles. The maximum absolute atomic E-state index is 12.4. The van der Waals surface area contributed by atoms with Crippen LogP contribution in [0.3, 0.4) is 0 Å². The van der Waals surface area contributed by atoms with Gasteiger partial charge in [-0.25, -0.2) is 9.97 Å². The summed E-state index contributed by atoms with van der Waals surface area (Å²) in [5.41, 5.74) is 3.41. The molecule has 126 valence electrons. The maximum atomic E-state index is 12.4. The highest BCUT2D eigenvalue weighted by Crippen LogP contribution is 2.20. The first-order valence-corrected chi connectivity index (χ1v) is 8.48. The Morgan fingerprint density at radius 2 is 1.83 bits per heavy atom. The molecule has 0 saturated carbocycles. The third-order valence-electron chi connectivity index (χ3n) is 4.59. The summed E-state index contributed by atoms with van der Waals surface area (Å²) in [5, 5.41) is 2.87. The lowest BCUT2D eigenvalue weighted by molar-refractivity contribution is 0.102. The van der Waals surface area contributed by atoms with Gasteiger partial charge >= 0.3 is 0 Å². The van der Waals surface area contributed by atoms with Crippen LogP contribution in [0.15, 0.2) is 30.6 Å². The summed E-state index contributed by atoms with van der Waals surface area (Å²) in [4.78, 5) is 23.4. The lowest BCUT2D eigenvalue weighted by atomic mass is 10.00. The van der Waals surface area contributed by atoms with Crippen LogP contribution in [0.1, 0.15) is 41.3 Å². The molecule has 1 N–H and O–H groups in total. The summed E-state index contributed by atoms with van der Waals surface area (Å²) in [6.45, 7) is 8.23. The molecular formula is C19H24N4O. The number of rotatable bonds is 3. The van der Waals surface area contributed by atoms with Crippen LogP contribution in [-0.2, 0) is 0 Å². The molecule has 0 spiro atoms. The van der Waals surface area contributed by atoms with Crippen molar-refractivity contribution < 1.29 is 4.79 Å². The molecule has 0 bridgehead atoms. The number of aryl methyl sites for hydroxylation is 2. The van der Waals surface area contributed by atoms with Gasteiger partial charge in [-0.2, -0.15) is 0 Å². The molecular weight excluding hydrogens is 300 g/mol. The Morgan fingerprint density at radius 1 is 1.17 bits per heavy atom. The molecule has 24 heavy (non-hydrogen) atoms. The van der Waals surface area contributed by atoms with Gasteiger partial charge in [0.15, 0.2) is 0 Å². The number of hydrogen-bond acceptors (Lipinski definition) is 4. The molecule has 0 unspecified atom stereocenters. The van der Waals surface area contributed by atoms with Crippen molar-refractivity contribution in [3.05, 3.63) is 47.3 Å². The molecule has 1 aliphatic rings. The Labute approximate surface area is 143 Å². The number of carbonyl (C=O) groups is 1. The predicted octanol–water partition coefficient (Wildman–Crippen LogP) is 3.58. The summed E-state index contributed by atoms with van der Waals surface area (Å²) in [7, 11) is 0. The van der Waals surface area contributed by atoms with E-state index in [9.17, 15) is 4.79 Å². The number of carbonyl (C=O) groups excluding carboxylic acids is 1. The molecule has 3 rings (SSSR count). The zero-order valence-corrected chi connectivity index (χ0v) is 14.5. The smallest absolute Gasteiger partial charge is 0.256 e. The fourth-order valence-electron chi connectivity index (χ4n) is 3.02. The van der Waals surface area contributed by atoms with Gasteiger partial charge in [-0.3, -0.25) is 4.79 Å². The molecule has 1 fully saturated rings. The van der Waals surface area contributed by atoms with E-state index in [2.05, 4.69) is 27.1 Å². The zero-order chi connectivity index (χ0) is 17.1. The van der Waals surface area contributed by atoms with Crippen molar-refractivity contribution in [1.82, 2.24) is 9.97 Å². The summed E-state index contributed by atoms with van der Waals surface area (Å²) in [5.74, 6) is 1.39. The fraction of sp³-hybridized carbons (Fsp3) is 0.421. The van der Waals surface area contributed by atoms with E-state index in [-0.39, 0.29) is 5.91 Å². The van der Waals surface area contributed by atoms with E-state index in [4.69, 9.17) is 0 Å². The molecule has 5 nitrogen and oxygen atoms in total. The topological polar surface area (TPSA) is 58.1 Å². The Kier molecular flexibility index (Phi) is 4.79. The third kappa shape index (κ3) is 3.72. The Bertz CT molecular complexity index is 719. The Balaban J connectivity index is 1.66. The Morgan fingerprint density at radius 3 is 2.46 bits per heavy atom. The zero-order valence-electron chi connectivity index (χ0n) is 14.5. The first-order chi connectivity index (χ1) is 11.5. The number of nitrogens with one attached hydrogen (secondary N) is 1. The van der Waals surface area contributed by atoms with E-state index < -0.39 is 0 Å². The lowest BCUT2D eigenvalue weighted by Crippen LogP contribution is -2.34. The van der Waals surface area contributed by atoms with Gasteiger partial charge in [0.25, 0.3) is 5.91 Å². The molecule has 1 aliphatic heterocycles. The van der Waals surface area contributed by atoms with Crippen LogP contribution < -0.4 is 10.2 Å². The van der Waals surface area contributed by atoms with Crippen LogP contribution in [0.4, 0.5) is 11.6 Å². The molecule has 1 aromatic heterocycles. The minimum atomic E-state index is -0.129. The largest absolute Gasteiger partial charge is 0.341 e. The lowest BCUT2D eigenvalue weighted by Gasteiger charge is -2.30. The van der Waals surface area contributed by atoms with Crippen molar-refractivity contribution >= 4 is 17.5 Å². The van der Waals surface area contributed by atoms with Crippen LogP contribution in [0.2, 0.25) is 0 Å². The van der Waals surface area contributed by atoms with Crippen LogP contribution >= 0.6 is 0 Å². The fourth-order valence-corrected chi connectivity index (χ4v) is 3.02. The van der Waals surface area contributed by atoms with E-state index in [1.165, 1.54) is 12.8 Å². The quantitative estimate of drug-likeness (QED) is 0.937. The average molecular weight is 324 g/mol. The van der Waals surface area contributed by atoms with Crippen molar-refractivity contribution in [2.75, 3.05) is 23.3 Å². The van der Waals surface area contributed by atoms with Crippen LogP contribution in [0, 0.1) is 19.8 Å². The number of anilines is 2. The molecule has 1 amide bonds. The SMILES string of the molecule is Cc1ccc(C(=O)Nc2cnc(N3CCC(C)CC3)nc2)c(C)c1. The summed E-state index contributed by atoms with van der Waals surface area (Å²) in [6, 6.07) is 5.80. The molecule has 0 aliphatic carbocycles. The molecule has 5 heteroatoms. The molecule has 1 saturated heterocycles. The third-order valence-corrected chi connectivity index (χ3v) is 4.59. The van der Waals surface area contributed by atoms with E-state index >= 15 is 0 Å². The van der Waals surface area contributed by atoms with Gasteiger partial charge in [-0.05, 0) is 44.2 Å². The average Bonchev–Trinajstić information content (AvgIpc) is 2.56. The van der Waals surface area contributed by atoms with Gasteiger partial charge in [-0.1, -0.05) is 24.6 Å². The summed E-state index contributed by atoms with van der Waals surface area (Å²) >= 11 is 0. The van der Waals surface area contributed by atoms with Gasteiger partial charge in [0, 0.05) is 18.7 Å². The molecule has 1 aromatic carbocycles. The first-order valence-electron chi connectivity index (χ1n) is 8.48. The first kappa shape index (κ1) is 16.4. The van der Waals surface area contributed by atoms with Gasteiger partial charge in [0.05, 0.1) is 18.1 Å². The highest BCUT2D eigenvalue weighted by molar-refractivity contribution is 6.05. The number of amides is 1. The number of hydrogen-bond donors (Lipinski definition) is 1. The monoisotopic (exact) mass is 324 g/mol. The highest BCUT2D eigenvalue weighted by atomic mass is 16.1. The number of aromatic nitrogens is 2. The van der Waals surface area contributed by atoms with Crippen LogP contribution in [-0.4, -0.2) is 29.0 Å². The van der Waals surface area contributed by atoms with Crippen LogP contribution in [0.25, 0.3) is 0 Å². The summed E-state index contributed by atoms with van der Waals surface area (Å²) < 4.78 is 0. The van der Waals surface area contributed by atoms with E-state index in [1.807, 2.05) is 32.0 Å². The van der Waals surface area contributed by atoms with Gasteiger partial charge < -0.3 is 10.2 Å². The number of benzene rings is 1. The number of piperidine rings is 1. The van der Waals surface area contributed by atoms with Crippen molar-refractivity contribution in [2.24, 2.45) is 5.92 Å². The normalized spacial score (nSPS) is 15.4. The van der Waals surface area contributed by atoms with Crippen molar-refractivity contribution in [3.8, 4) is 0 Å². The summed E-state index contributed by atoms with van der Waals surface area (Å²) in [6.07, 6.45) is 5.71. The predicted molar refractivity (Wildman–Crippen MR) is 96.5 cm³/mol. The van der Waals surface area contributed by atoms with Gasteiger partial charge in [0.2, 0.25) is 5.95 Å². The van der Waals surface area contributed by atoms with E-state index in [0.29, 0.717) is 11.3 Å². The molecule has 2 aromatic rings. The van der Waals surface area contributed by atoms with Crippen LogP contribution in [0.5, 0.6) is 0 Å². The minimum absolute atomic E-state index is 0.129. The molecule has 0 radical (unpaired) electrons. The van der Waals surface area contributed by atoms with E-state index in [0.717, 1.165) is 36.1 Å². The second-order valence-corrected chi connectivity index (χ2v) is 6.71. The maximum Gasteiger partial charge on any atom is 0.256 e. The van der Waals surface area contributed by atoms with Gasteiger partial charge in [-0.15, -0.1) is 0 Å². The second-order valence-electron chi connectivity index (χ2n) is 6.71. The minimum Gasteiger partial charge on any atom is -0.341 e. The number of nitrogens with zero attached hydrogens (tertiary/aromatic N) is 3. The van der Waals surface area contributed by atoms with Gasteiger partial charge in [0.1, 0.15) is 0 Å². The molecule has 0 atom stereocenters. The van der Waals surface area contributed by atoms with E-state index in [1.54, 1.807) is 12.4 Å².